The number of quaternary nitrogens is 1. The van der Waals surface area contributed by atoms with Gasteiger partial charge in [0.1, 0.15) is 6.54 Å². The van der Waals surface area contributed by atoms with Crippen molar-refractivity contribution >= 4 is 5.91 Å². The molecule has 2 aromatic rings. The third kappa shape index (κ3) is 5.23. The standard InChI is InChI=1S/C22H28N2O3/c1-3-27-21-15-19(9-10-20(21)26-2)17-23-11-13-24(14-12-23)22(25)16-18-7-5-4-6-8-18/h4-10,15H,3,11-14,16-17H2,1-2H3/p+1. The maximum absolute atomic E-state index is 12.5. The molecule has 0 spiro atoms. The SMILES string of the molecule is CCOc1cc(C[NH+]2CCN(C(=O)Cc3ccccc3)CC2)ccc1OC. The van der Waals surface area contributed by atoms with Gasteiger partial charge >= 0.3 is 0 Å². The Morgan fingerprint density at radius 1 is 1.04 bits per heavy atom. The van der Waals surface area contributed by atoms with E-state index in [-0.39, 0.29) is 5.91 Å². The van der Waals surface area contributed by atoms with Crippen LogP contribution in [0, 0.1) is 0 Å². The van der Waals surface area contributed by atoms with Gasteiger partial charge in [0.25, 0.3) is 0 Å². The van der Waals surface area contributed by atoms with Gasteiger partial charge in [-0.1, -0.05) is 30.3 Å². The largest absolute Gasteiger partial charge is 0.493 e. The van der Waals surface area contributed by atoms with Crippen LogP contribution < -0.4 is 14.4 Å². The molecule has 1 aliphatic rings. The Morgan fingerprint density at radius 2 is 1.78 bits per heavy atom. The average Bonchev–Trinajstić information content (AvgIpc) is 2.70. The number of carbonyl (C=O) groups is 1. The fraction of sp³-hybridized carbons (Fsp3) is 0.409. The normalized spacial score (nSPS) is 14.8. The number of nitrogens with one attached hydrogen (secondary N) is 1. The van der Waals surface area contributed by atoms with Crippen molar-refractivity contribution < 1.29 is 19.2 Å². The number of hydrogen-bond donors (Lipinski definition) is 1. The number of benzene rings is 2. The van der Waals surface area contributed by atoms with Crippen molar-refractivity contribution in [1.82, 2.24) is 4.90 Å². The van der Waals surface area contributed by atoms with Crippen molar-refractivity contribution in [3.8, 4) is 11.5 Å². The predicted octanol–water partition coefficient (Wildman–Crippen LogP) is 1.56. The van der Waals surface area contributed by atoms with Gasteiger partial charge in [-0.3, -0.25) is 4.79 Å². The lowest BCUT2D eigenvalue weighted by Gasteiger charge is -2.32. The molecule has 0 saturated carbocycles. The number of methoxy groups -OCH3 is 1. The van der Waals surface area contributed by atoms with Gasteiger partial charge in [0.15, 0.2) is 11.5 Å². The summed E-state index contributed by atoms with van der Waals surface area (Å²) in [4.78, 5) is 16.0. The number of nitrogens with zero attached hydrogens (tertiary/aromatic N) is 1. The van der Waals surface area contributed by atoms with E-state index in [1.807, 2.05) is 48.2 Å². The second-order valence-corrected chi connectivity index (χ2v) is 6.89. The van der Waals surface area contributed by atoms with Crippen molar-refractivity contribution in [2.45, 2.75) is 19.9 Å². The summed E-state index contributed by atoms with van der Waals surface area (Å²) in [5.41, 5.74) is 2.32. The quantitative estimate of drug-likeness (QED) is 0.806. The summed E-state index contributed by atoms with van der Waals surface area (Å²) < 4.78 is 11.0. The van der Waals surface area contributed by atoms with Gasteiger partial charge in [-0.05, 0) is 30.7 Å². The molecule has 0 atom stereocenters. The molecule has 0 bridgehead atoms. The van der Waals surface area contributed by atoms with Gasteiger partial charge in [0.2, 0.25) is 5.91 Å². The molecule has 1 aliphatic heterocycles. The molecule has 2 aromatic carbocycles. The van der Waals surface area contributed by atoms with Gasteiger partial charge in [-0.25, -0.2) is 0 Å². The molecule has 0 aromatic heterocycles. The fourth-order valence-electron chi connectivity index (χ4n) is 3.52. The third-order valence-electron chi connectivity index (χ3n) is 5.00. The number of carbonyl (C=O) groups excluding carboxylic acids is 1. The van der Waals surface area contributed by atoms with Crippen LogP contribution >= 0.6 is 0 Å². The first-order valence-electron chi connectivity index (χ1n) is 9.64. The molecule has 5 nitrogen and oxygen atoms in total. The van der Waals surface area contributed by atoms with E-state index in [4.69, 9.17) is 9.47 Å². The van der Waals surface area contributed by atoms with E-state index in [0.717, 1.165) is 49.8 Å². The molecule has 1 heterocycles. The highest BCUT2D eigenvalue weighted by Gasteiger charge is 2.24. The highest BCUT2D eigenvalue weighted by molar-refractivity contribution is 5.78. The second kappa shape index (κ2) is 9.42. The summed E-state index contributed by atoms with van der Waals surface area (Å²) in [6, 6.07) is 16.1. The molecule has 3 rings (SSSR count). The minimum absolute atomic E-state index is 0.225. The zero-order chi connectivity index (χ0) is 19.1. The number of ether oxygens (including phenoxy) is 2. The Bertz CT molecular complexity index is 740. The summed E-state index contributed by atoms with van der Waals surface area (Å²) in [7, 11) is 1.66. The van der Waals surface area contributed by atoms with Crippen molar-refractivity contribution in [1.29, 1.82) is 0 Å². The summed E-state index contributed by atoms with van der Waals surface area (Å²) in [5.74, 6) is 1.80. The number of amides is 1. The Hall–Kier alpha value is -2.53. The Balaban J connectivity index is 1.52. The first kappa shape index (κ1) is 19.2. The van der Waals surface area contributed by atoms with E-state index in [1.54, 1.807) is 7.11 Å². The van der Waals surface area contributed by atoms with Crippen molar-refractivity contribution in [2.75, 3.05) is 39.9 Å². The van der Waals surface area contributed by atoms with Crippen LogP contribution in [0.15, 0.2) is 48.5 Å². The maximum Gasteiger partial charge on any atom is 0.227 e. The van der Waals surface area contributed by atoms with Crippen LogP contribution in [0.1, 0.15) is 18.1 Å². The van der Waals surface area contributed by atoms with Crippen LogP contribution in [0.2, 0.25) is 0 Å². The minimum atomic E-state index is 0.225. The molecule has 1 amide bonds. The predicted molar refractivity (Wildman–Crippen MR) is 105 cm³/mol. The van der Waals surface area contributed by atoms with E-state index in [1.165, 1.54) is 10.5 Å². The van der Waals surface area contributed by atoms with Gasteiger partial charge < -0.3 is 19.3 Å². The Labute approximate surface area is 161 Å². The van der Waals surface area contributed by atoms with Crippen LogP contribution in [-0.2, 0) is 17.8 Å². The monoisotopic (exact) mass is 369 g/mol. The summed E-state index contributed by atoms with van der Waals surface area (Å²) >= 11 is 0. The lowest BCUT2D eigenvalue weighted by molar-refractivity contribution is -0.917. The van der Waals surface area contributed by atoms with Crippen LogP contribution in [-0.4, -0.2) is 50.7 Å². The first-order valence-corrected chi connectivity index (χ1v) is 9.64. The van der Waals surface area contributed by atoms with Crippen molar-refractivity contribution in [2.24, 2.45) is 0 Å². The van der Waals surface area contributed by atoms with Crippen LogP contribution in [0.25, 0.3) is 0 Å². The Kier molecular flexibility index (Phi) is 6.71. The zero-order valence-electron chi connectivity index (χ0n) is 16.2. The van der Waals surface area contributed by atoms with Crippen molar-refractivity contribution in [3.63, 3.8) is 0 Å². The highest BCUT2D eigenvalue weighted by Crippen LogP contribution is 2.27. The number of piperazine rings is 1. The van der Waals surface area contributed by atoms with Gasteiger partial charge in [-0.15, -0.1) is 0 Å². The molecular formula is C22H29N2O3+. The molecule has 1 N–H and O–H groups in total. The molecule has 5 heteroatoms. The number of rotatable bonds is 7. The van der Waals surface area contributed by atoms with E-state index in [0.29, 0.717) is 13.0 Å². The topological polar surface area (TPSA) is 43.2 Å². The maximum atomic E-state index is 12.5. The molecule has 1 fully saturated rings. The molecule has 27 heavy (non-hydrogen) atoms. The van der Waals surface area contributed by atoms with E-state index >= 15 is 0 Å². The van der Waals surface area contributed by atoms with E-state index < -0.39 is 0 Å². The number of hydrogen-bond acceptors (Lipinski definition) is 3. The fourth-order valence-corrected chi connectivity index (χ4v) is 3.52. The second-order valence-electron chi connectivity index (χ2n) is 6.89. The summed E-state index contributed by atoms with van der Waals surface area (Å²) in [5, 5.41) is 0. The van der Waals surface area contributed by atoms with Crippen LogP contribution in [0.5, 0.6) is 11.5 Å². The van der Waals surface area contributed by atoms with E-state index in [2.05, 4.69) is 12.1 Å². The van der Waals surface area contributed by atoms with Crippen molar-refractivity contribution in [3.05, 3.63) is 59.7 Å². The van der Waals surface area contributed by atoms with Crippen LogP contribution in [0.3, 0.4) is 0 Å². The lowest BCUT2D eigenvalue weighted by atomic mass is 10.1. The highest BCUT2D eigenvalue weighted by atomic mass is 16.5. The molecule has 144 valence electrons. The minimum Gasteiger partial charge on any atom is -0.493 e. The molecule has 0 unspecified atom stereocenters. The van der Waals surface area contributed by atoms with E-state index in [9.17, 15) is 4.79 Å². The lowest BCUT2D eigenvalue weighted by Crippen LogP contribution is -3.13. The Morgan fingerprint density at radius 3 is 2.44 bits per heavy atom. The molecule has 0 radical (unpaired) electrons. The summed E-state index contributed by atoms with van der Waals surface area (Å²) in [6.07, 6.45) is 0.492. The average molecular weight is 369 g/mol. The molecule has 0 aliphatic carbocycles. The van der Waals surface area contributed by atoms with Crippen LogP contribution in [0.4, 0.5) is 0 Å². The van der Waals surface area contributed by atoms with Gasteiger partial charge in [0.05, 0.1) is 46.3 Å². The third-order valence-corrected chi connectivity index (χ3v) is 5.00. The summed E-state index contributed by atoms with van der Waals surface area (Å²) in [6.45, 7) is 7.10. The zero-order valence-corrected chi connectivity index (χ0v) is 16.2. The molecule has 1 saturated heterocycles. The van der Waals surface area contributed by atoms with Gasteiger partial charge in [-0.2, -0.15) is 0 Å². The first-order chi connectivity index (χ1) is 13.2. The van der Waals surface area contributed by atoms with Gasteiger partial charge in [0, 0.05) is 5.56 Å². The smallest absolute Gasteiger partial charge is 0.227 e. The molecular weight excluding hydrogens is 340 g/mol.